The molecule has 2 amide bonds. The molecule has 0 unspecified atom stereocenters. The van der Waals surface area contributed by atoms with Crippen molar-refractivity contribution in [3.8, 4) is 5.75 Å². The highest BCUT2D eigenvalue weighted by atomic mass is 32.2. The monoisotopic (exact) mass is 501 g/mol. The molecule has 3 N–H and O–H groups in total. The van der Waals surface area contributed by atoms with Crippen molar-refractivity contribution in [3.63, 3.8) is 0 Å². The maximum absolute atomic E-state index is 12.4. The van der Waals surface area contributed by atoms with E-state index < -0.39 is 33.1 Å². The van der Waals surface area contributed by atoms with E-state index in [4.69, 9.17) is 0 Å². The number of benzene rings is 2. The van der Waals surface area contributed by atoms with Gasteiger partial charge in [-0.1, -0.05) is 17.8 Å². The van der Waals surface area contributed by atoms with Gasteiger partial charge in [0, 0.05) is 36.0 Å². The van der Waals surface area contributed by atoms with Gasteiger partial charge in [-0.05, 0) is 25.1 Å². The van der Waals surface area contributed by atoms with Crippen LogP contribution in [0.4, 0.5) is 17.1 Å². The third-order valence-corrected chi connectivity index (χ3v) is 5.59. The van der Waals surface area contributed by atoms with Crippen molar-refractivity contribution in [1.82, 2.24) is 20.1 Å². The first-order chi connectivity index (χ1) is 16.7. The number of thioether (sulfide) groups is 1. The summed E-state index contributed by atoms with van der Waals surface area (Å²) in [4.78, 5) is 45.1. The zero-order chi connectivity index (χ0) is 25.5. The Labute approximate surface area is 201 Å². The predicted octanol–water partition coefficient (Wildman–Crippen LogP) is 2.48. The predicted molar refractivity (Wildman–Crippen MR) is 124 cm³/mol. The molecule has 14 nitrogen and oxygen atoms in total. The number of carbonyl (C=O) groups is 2. The van der Waals surface area contributed by atoms with Crippen LogP contribution in [-0.2, 0) is 17.9 Å². The molecule has 0 radical (unpaired) electrons. The highest BCUT2D eigenvalue weighted by Crippen LogP contribution is 2.28. The van der Waals surface area contributed by atoms with Crippen molar-refractivity contribution >= 4 is 40.6 Å². The molecule has 0 aliphatic carbocycles. The standard InChI is InChI=1S/C20H19N7O7S/c1-2-25-17(10-21-19(30)12-4-3-5-14(8-12)26(31)32)23-24-20(25)35-11-18(29)22-13-6-7-16(28)15(9-13)27(33)34/h3-9,28H,2,10-11H2,1H3,(H,21,30)(H,22,29). The fourth-order valence-corrected chi connectivity index (χ4v) is 3.79. The number of nitro groups is 2. The summed E-state index contributed by atoms with van der Waals surface area (Å²) in [5, 5.41) is 44.9. The second kappa shape index (κ2) is 11.1. The van der Waals surface area contributed by atoms with E-state index in [1.807, 2.05) is 6.92 Å². The number of anilines is 1. The molecule has 0 aliphatic heterocycles. The molecule has 1 aromatic heterocycles. The van der Waals surface area contributed by atoms with Crippen LogP contribution in [0.2, 0.25) is 0 Å². The minimum Gasteiger partial charge on any atom is -0.502 e. The average molecular weight is 501 g/mol. The van der Waals surface area contributed by atoms with Crippen LogP contribution in [0.25, 0.3) is 0 Å². The van der Waals surface area contributed by atoms with Gasteiger partial charge in [0.05, 0.1) is 22.1 Å². The molecular formula is C20H19N7O7S. The Bertz CT molecular complexity index is 1290. The van der Waals surface area contributed by atoms with Gasteiger partial charge in [0.2, 0.25) is 5.91 Å². The van der Waals surface area contributed by atoms with E-state index in [9.17, 15) is 34.9 Å². The molecule has 0 bridgehead atoms. The van der Waals surface area contributed by atoms with Crippen LogP contribution >= 0.6 is 11.8 Å². The molecule has 3 rings (SSSR count). The van der Waals surface area contributed by atoms with Gasteiger partial charge in [0.15, 0.2) is 16.7 Å². The number of nitrogens with one attached hydrogen (secondary N) is 2. The maximum Gasteiger partial charge on any atom is 0.312 e. The molecule has 0 atom stereocenters. The number of amides is 2. The number of non-ortho nitro benzene ring substituents is 1. The SMILES string of the molecule is CCn1c(CNC(=O)c2cccc([N+](=O)[O-])c2)nnc1SCC(=O)Nc1ccc(O)c([N+](=O)[O-])c1. The van der Waals surface area contributed by atoms with Gasteiger partial charge in [-0.3, -0.25) is 29.8 Å². The summed E-state index contributed by atoms with van der Waals surface area (Å²) in [6.07, 6.45) is 0. The quantitative estimate of drug-likeness (QED) is 0.161. The summed E-state index contributed by atoms with van der Waals surface area (Å²) >= 11 is 1.08. The van der Waals surface area contributed by atoms with Gasteiger partial charge in [-0.25, -0.2) is 0 Å². The van der Waals surface area contributed by atoms with Crippen LogP contribution in [0.3, 0.4) is 0 Å². The molecule has 15 heteroatoms. The number of hydrogen-bond donors (Lipinski definition) is 3. The van der Waals surface area contributed by atoms with Crippen molar-refractivity contribution in [3.05, 3.63) is 74.1 Å². The van der Waals surface area contributed by atoms with E-state index in [2.05, 4.69) is 20.8 Å². The van der Waals surface area contributed by atoms with Gasteiger partial charge in [0.1, 0.15) is 0 Å². The lowest BCUT2D eigenvalue weighted by molar-refractivity contribution is -0.385. The van der Waals surface area contributed by atoms with Gasteiger partial charge in [0.25, 0.3) is 11.6 Å². The number of rotatable bonds is 10. The fraction of sp³-hybridized carbons (Fsp3) is 0.200. The lowest BCUT2D eigenvalue weighted by Gasteiger charge is -2.09. The van der Waals surface area contributed by atoms with Gasteiger partial charge in [-0.15, -0.1) is 10.2 Å². The number of aromatic nitrogens is 3. The van der Waals surface area contributed by atoms with Crippen LogP contribution in [-0.4, -0.2) is 47.3 Å². The fourth-order valence-electron chi connectivity index (χ4n) is 2.97. The molecule has 182 valence electrons. The average Bonchev–Trinajstić information content (AvgIpc) is 3.24. The first kappa shape index (κ1) is 25.1. The number of phenols is 1. The van der Waals surface area contributed by atoms with Crippen molar-refractivity contribution in [1.29, 1.82) is 0 Å². The number of carbonyl (C=O) groups excluding carboxylic acids is 2. The van der Waals surface area contributed by atoms with Crippen LogP contribution in [0.5, 0.6) is 5.75 Å². The second-order valence-corrected chi connectivity index (χ2v) is 7.87. The van der Waals surface area contributed by atoms with Gasteiger partial charge < -0.3 is 20.3 Å². The Hall–Kier alpha value is -4.53. The molecule has 1 heterocycles. The summed E-state index contributed by atoms with van der Waals surface area (Å²) in [7, 11) is 0. The van der Waals surface area contributed by atoms with E-state index in [0.717, 1.165) is 23.9 Å². The third-order valence-electron chi connectivity index (χ3n) is 4.62. The highest BCUT2D eigenvalue weighted by Gasteiger charge is 2.17. The molecule has 0 spiro atoms. The Morgan fingerprint density at radius 1 is 1.11 bits per heavy atom. The highest BCUT2D eigenvalue weighted by molar-refractivity contribution is 7.99. The van der Waals surface area contributed by atoms with Crippen LogP contribution < -0.4 is 10.6 Å². The minimum atomic E-state index is -0.761. The largest absolute Gasteiger partial charge is 0.502 e. The first-order valence-corrected chi connectivity index (χ1v) is 11.0. The smallest absolute Gasteiger partial charge is 0.312 e. The van der Waals surface area contributed by atoms with E-state index in [1.165, 1.54) is 30.3 Å². The molecule has 0 aliphatic rings. The minimum absolute atomic E-state index is 0.00625. The van der Waals surface area contributed by atoms with Gasteiger partial charge in [-0.2, -0.15) is 0 Å². The summed E-state index contributed by atoms with van der Waals surface area (Å²) < 4.78 is 1.69. The Balaban J connectivity index is 1.59. The van der Waals surface area contributed by atoms with E-state index in [-0.39, 0.29) is 29.2 Å². The summed E-state index contributed by atoms with van der Waals surface area (Å²) in [6.45, 7) is 2.28. The normalized spacial score (nSPS) is 10.5. The van der Waals surface area contributed by atoms with Crippen molar-refractivity contribution < 1.29 is 24.5 Å². The number of nitrogens with zero attached hydrogens (tertiary/aromatic N) is 5. The number of hydrogen-bond acceptors (Lipinski definition) is 10. The van der Waals surface area contributed by atoms with Gasteiger partial charge >= 0.3 is 5.69 Å². The second-order valence-electron chi connectivity index (χ2n) is 6.93. The first-order valence-electron chi connectivity index (χ1n) is 10.0. The number of nitro benzene ring substituents is 2. The van der Waals surface area contributed by atoms with Crippen molar-refractivity contribution in [2.75, 3.05) is 11.1 Å². The van der Waals surface area contributed by atoms with E-state index >= 15 is 0 Å². The molecule has 2 aromatic carbocycles. The Morgan fingerprint density at radius 2 is 1.89 bits per heavy atom. The third kappa shape index (κ3) is 6.29. The van der Waals surface area contributed by atoms with Crippen LogP contribution in [0.15, 0.2) is 47.6 Å². The Kier molecular flexibility index (Phi) is 7.93. The molecule has 35 heavy (non-hydrogen) atoms. The molecule has 3 aromatic rings. The summed E-state index contributed by atoms with van der Waals surface area (Å²) in [5.74, 6) is -1.14. The van der Waals surface area contributed by atoms with Crippen molar-refractivity contribution in [2.24, 2.45) is 0 Å². The molecular weight excluding hydrogens is 482 g/mol. The Morgan fingerprint density at radius 3 is 2.57 bits per heavy atom. The lowest BCUT2D eigenvalue weighted by Crippen LogP contribution is -2.25. The maximum atomic E-state index is 12.4. The van der Waals surface area contributed by atoms with E-state index in [1.54, 1.807) is 4.57 Å². The molecule has 0 fully saturated rings. The van der Waals surface area contributed by atoms with E-state index in [0.29, 0.717) is 17.5 Å². The lowest BCUT2D eigenvalue weighted by atomic mass is 10.2. The molecule has 0 saturated carbocycles. The zero-order valence-electron chi connectivity index (χ0n) is 18.2. The summed E-state index contributed by atoms with van der Waals surface area (Å²) in [6, 6.07) is 8.82. The molecule has 0 saturated heterocycles. The summed E-state index contributed by atoms with van der Waals surface area (Å²) in [5.41, 5.74) is -0.449. The number of phenolic OH excluding ortho intramolecular Hbond substituents is 1. The van der Waals surface area contributed by atoms with Crippen LogP contribution in [0.1, 0.15) is 23.1 Å². The number of aromatic hydroxyl groups is 1. The topological polar surface area (TPSA) is 195 Å². The van der Waals surface area contributed by atoms with Crippen molar-refractivity contribution in [2.45, 2.75) is 25.2 Å². The van der Waals surface area contributed by atoms with Crippen LogP contribution in [0, 0.1) is 20.2 Å². The zero-order valence-corrected chi connectivity index (χ0v) is 19.0.